The molecule has 3 heterocycles. The van der Waals surface area contributed by atoms with Crippen molar-refractivity contribution in [2.24, 2.45) is 0 Å². The lowest BCUT2D eigenvalue weighted by Crippen LogP contribution is -2.52. The quantitative estimate of drug-likeness (QED) is 0.302. The number of anilines is 1. The van der Waals surface area contributed by atoms with Crippen molar-refractivity contribution in [3.63, 3.8) is 0 Å². The van der Waals surface area contributed by atoms with Crippen LogP contribution in [-0.2, 0) is 9.47 Å². The smallest absolute Gasteiger partial charge is 0.410 e. The van der Waals surface area contributed by atoms with E-state index in [1.165, 1.54) is 0 Å². The fourth-order valence-electron chi connectivity index (χ4n) is 4.61. The lowest BCUT2D eigenvalue weighted by molar-refractivity contribution is -0.00379. The van der Waals surface area contributed by atoms with Crippen LogP contribution in [0.5, 0.6) is 5.75 Å². The van der Waals surface area contributed by atoms with Gasteiger partial charge in [-0.15, -0.1) is 0 Å². The number of rotatable bonds is 11. The monoisotopic (exact) mass is 588 g/mol. The Morgan fingerprint density at radius 3 is 2.80 bits per heavy atom. The van der Waals surface area contributed by atoms with E-state index in [1.54, 1.807) is 37.1 Å². The number of aliphatic hydroxyl groups is 1. The van der Waals surface area contributed by atoms with Gasteiger partial charge in [0.1, 0.15) is 30.0 Å². The molecule has 12 nitrogen and oxygen atoms in total. The minimum Gasteiger partial charge on any atom is -0.491 e. The molecule has 0 saturated carbocycles. The maximum atomic E-state index is 12.5. The molecule has 1 fully saturated rings. The number of aromatic nitrogens is 3. The summed E-state index contributed by atoms with van der Waals surface area (Å²) in [5.41, 5.74) is 3.43. The van der Waals surface area contributed by atoms with Gasteiger partial charge in [0, 0.05) is 30.8 Å². The number of carbonyl (C=O) groups is 1. The topological polar surface area (TPSA) is 144 Å². The fourth-order valence-corrected chi connectivity index (χ4v) is 4.81. The molecule has 2 aromatic heterocycles. The van der Waals surface area contributed by atoms with Gasteiger partial charge in [-0.3, -0.25) is 4.90 Å². The van der Waals surface area contributed by atoms with E-state index in [-0.39, 0.29) is 18.7 Å². The first-order chi connectivity index (χ1) is 19.7. The Morgan fingerprint density at radius 1 is 1.29 bits per heavy atom. The van der Waals surface area contributed by atoms with E-state index >= 15 is 0 Å². The van der Waals surface area contributed by atoms with E-state index in [1.807, 2.05) is 20.8 Å². The van der Waals surface area contributed by atoms with Crippen LogP contribution < -0.4 is 15.4 Å². The van der Waals surface area contributed by atoms with Gasteiger partial charge in [0.2, 0.25) is 0 Å². The molecule has 1 aliphatic rings. The first kappa shape index (κ1) is 30.5. The predicted molar refractivity (Wildman–Crippen MR) is 154 cm³/mol. The molecule has 4 rings (SSSR count). The van der Waals surface area contributed by atoms with Crippen molar-refractivity contribution in [1.82, 2.24) is 25.3 Å². The summed E-state index contributed by atoms with van der Waals surface area (Å²) in [5.74, 6) is 2.06. The largest absolute Gasteiger partial charge is 0.491 e. The third-order valence-corrected chi connectivity index (χ3v) is 7.04. The summed E-state index contributed by atoms with van der Waals surface area (Å²) in [4.78, 5) is 24.0. The first-order valence-corrected chi connectivity index (χ1v) is 13.9. The van der Waals surface area contributed by atoms with Crippen molar-refractivity contribution < 1.29 is 28.6 Å². The average molecular weight is 589 g/mol. The second kappa shape index (κ2) is 13.9. The summed E-state index contributed by atoms with van der Waals surface area (Å²) < 4.78 is 22.2. The van der Waals surface area contributed by atoms with E-state index in [9.17, 15) is 9.90 Å². The van der Waals surface area contributed by atoms with Gasteiger partial charge < -0.3 is 34.5 Å². The molecule has 1 aromatic carbocycles. The van der Waals surface area contributed by atoms with Crippen molar-refractivity contribution in [1.29, 1.82) is 0 Å². The number of hydrogen-bond donors (Lipinski definition) is 3. The molecular formula is C28H37ClN6O6. The molecule has 1 amide bonds. The third-order valence-electron chi connectivity index (χ3n) is 6.71. The maximum absolute atomic E-state index is 12.5. The van der Waals surface area contributed by atoms with Gasteiger partial charge >= 0.3 is 6.09 Å². The fraction of sp³-hybridized carbons (Fsp3) is 0.500. The van der Waals surface area contributed by atoms with Gasteiger partial charge in [0.05, 0.1) is 47.8 Å². The van der Waals surface area contributed by atoms with Crippen molar-refractivity contribution in [2.45, 2.75) is 39.8 Å². The Hall–Kier alpha value is -3.45. The number of nitrogens with one attached hydrogen (secondary N) is 2. The number of benzene rings is 1. The zero-order chi connectivity index (χ0) is 29.5. The van der Waals surface area contributed by atoms with Crippen LogP contribution >= 0.6 is 11.6 Å². The number of ether oxygens (including phenoxy) is 3. The van der Waals surface area contributed by atoms with Crippen LogP contribution in [0.3, 0.4) is 0 Å². The minimum atomic E-state index is -0.672. The molecule has 1 saturated heterocycles. The van der Waals surface area contributed by atoms with E-state index in [0.29, 0.717) is 84.6 Å². The number of nitrogens with zero attached hydrogens (tertiary/aromatic N) is 4. The molecule has 0 radical (unpaired) electrons. The maximum Gasteiger partial charge on any atom is 0.410 e. The predicted octanol–water partition coefficient (Wildman–Crippen LogP) is 3.61. The highest BCUT2D eigenvalue weighted by Gasteiger charge is 2.29. The van der Waals surface area contributed by atoms with Crippen LogP contribution in [-0.4, -0.2) is 96.5 Å². The average Bonchev–Trinajstić information content (AvgIpc) is 3.29. The molecule has 0 aliphatic carbocycles. The van der Waals surface area contributed by atoms with Gasteiger partial charge in [-0.25, -0.2) is 14.8 Å². The zero-order valence-electron chi connectivity index (χ0n) is 24.0. The summed E-state index contributed by atoms with van der Waals surface area (Å²) in [7, 11) is 1.76. The summed E-state index contributed by atoms with van der Waals surface area (Å²) >= 11 is 6.64. The summed E-state index contributed by atoms with van der Waals surface area (Å²) in [6.45, 7) is 9.81. The Labute approximate surface area is 244 Å². The lowest BCUT2D eigenvalue weighted by atomic mass is 10.0. The number of likely N-dealkylation sites (N-methyl/N-ethyl adjacent to an activating group) is 1. The first-order valence-electron chi connectivity index (χ1n) is 13.6. The molecule has 0 spiro atoms. The molecule has 2 atom stereocenters. The summed E-state index contributed by atoms with van der Waals surface area (Å²) in [5, 5.41) is 20.9. The van der Waals surface area contributed by atoms with E-state index in [0.717, 1.165) is 11.1 Å². The molecule has 0 bridgehead atoms. The van der Waals surface area contributed by atoms with Crippen molar-refractivity contribution >= 4 is 23.5 Å². The Balaban J connectivity index is 1.70. The number of amides is 1. The molecule has 3 N–H and O–H groups in total. The van der Waals surface area contributed by atoms with Crippen LogP contribution in [0.4, 0.5) is 10.6 Å². The van der Waals surface area contributed by atoms with E-state index in [2.05, 4.69) is 15.8 Å². The molecule has 1 aliphatic heterocycles. The highest BCUT2D eigenvalue weighted by Crippen LogP contribution is 2.36. The van der Waals surface area contributed by atoms with Crippen molar-refractivity contribution in [2.75, 3.05) is 58.4 Å². The number of aliphatic hydroxyl groups excluding tert-OH is 1. The van der Waals surface area contributed by atoms with Crippen LogP contribution in [0.2, 0.25) is 5.02 Å². The highest BCUT2D eigenvalue weighted by atomic mass is 35.5. The molecule has 222 valence electrons. The van der Waals surface area contributed by atoms with Crippen LogP contribution in [0.25, 0.3) is 22.6 Å². The summed E-state index contributed by atoms with van der Waals surface area (Å²) in [6, 6.07) is 4.93. The number of morpholine rings is 1. The SMILES string of the molecule is CCOC(=O)N1CCOC[C@H]1CNc1nc(-c2cc(OC[C@@H](O)CNC)ccc2Cl)nc(-c2c(C)noc2C)c1C. The van der Waals surface area contributed by atoms with Crippen molar-refractivity contribution in [3.05, 3.63) is 40.2 Å². The van der Waals surface area contributed by atoms with Crippen LogP contribution in [0.15, 0.2) is 22.7 Å². The normalized spacial score (nSPS) is 16.0. The van der Waals surface area contributed by atoms with Gasteiger partial charge in [-0.05, 0) is 52.9 Å². The minimum absolute atomic E-state index is 0.105. The van der Waals surface area contributed by atoms with Gasteiger partial charge in [0.25, 0.3) is 0 Å². The lowest BCUT2D eigenvalue weighted by Gasteiger charge is -2.35. The zero-order valence-corrected chi connectivity index (χ0v) is 24.7. The van der Waals surface area contributed by atoms with E-state index in [4.69, 9.17) is 40.3 Å². The highest BCUT2D eigenvalue weighted by molar-refractivity contribution is 6.33. The molecular weight excluding hydrogens is 552 g/mol. The Morgan fingerprint density at radius 2 is 2.10 bits per heavy atom. The van der Waals surface area contributed by atoms with Gasteiger partial charge in [0.15, 0.2) is 5.82 Å². The summed E-state index contributed by atoms with van der Waals surface area (Å²) in [6.07, 6.45) is -1.04. The van der Waals surface area contributed by atoms with Gasteiger partial charge in [-0.1, -0.05) is 16.8 Å². The number of carbonyl (C=O) groups excluding carboxylic acids is 1. The van der Waals surface area contributed by atoms with Crippen molar-refractivity contribution in [3.8, 4) is 28.4 Å². The molecule has 0 unspecified atom stereocenters. The standard InChI is InChI=1S/C28H37ClN6O6/c1-6-39-28(37)35-9-10-38-14-19(35)12-31-26-16(2)25(24-17(3)34-41-18(24)4)32-27(33-26)22-11-21(7-8-23(22)29)40-15-20(36)13-30-5/h7-8,11,19-20,30,36H,6,9-10,12-15H2,1-5H3,(H,31,32,33)/t19-,20+/m1/s1. The Kier molecular flexibility index (Phi) is 10.4. The second-order valence-electron chi connectivity index (χ2n) is 9.73. The van der Waals surface area contributed by atoms with Crippen LogP contribution in [0, 0.1) is 20.8 Å². The molecule has 41 heavy (non-hydrogen) atoms. The Bertz CT molecular complexity index is 1330. The van der Waals surface area contributed by atoms with Crippen LogP contribution in [0.1, 0.15) is 23.9 Å². The molecule has 13 heteroatoms. The number of hydrogen-bond acceptors (Lipinski definition) is 11. The number of aryl methyl sites for hydroxylation is 2. The molecule has 3 aromatic rings. The number of halogens is 1. The van der Waals surface area contributed by atoms with Gasteiger partial charge in [-0.2, -0.15) is 0 Å². The van der Waals surface area contributed by atoms with E-state index < -0.39 is 6.10 Å². The third kappa shape index (κ3) is 7.25. The second-order valence-corrected chi connectivity index (χ2v) is 10.1.